The van der Waals surface area contributed by atoms with E-state index in [-0.39, 0.29) is 23.8 Å². The first-order valence-electron chi connectivity index (χ1n) is 9.66. The third-order valence-electron chi connectivity index (χ3n) is 4.99. The number of rotatable bonds is 5. The van der Waals surface area contributed by atoms with Crippen molar-refractivity contribution in [2.75, 3.05) is 18.5 Å². The van der Waals surface area contributed by atoms with Crippen LogP contribution in [0.15, 0.2) is 24.8 Å². The maximum absolute atomic E-state index is 12.4. The second kappa shape index (κ2) is 7.53. The zero-order valence-electron chi connectivity index (χ0n) is 15.6. The molecule has 0 bridgehead atoms. The molecule has 3 aromatic rings. The van der Waals surface area contributed by atoms with Crippen LogP contribution in [0.2, 0.25) is 0 Å². The van der Waals surface area contributed by atoms with Gasteiger partial charge in [0, 0.05) is 24.9 Å². The molecule has 2 aliphatic rings. The van der Waals surface area contributed by atoms with Gasteiger partial charge in [-0.15, -0.1) is 11.3 Å². The summed E-state index contributed by atoms with van der Waals surface area (Å²) in [5.74, 6) is 0.462. The Morgan fingerprint density at radius 2 is 2.07 bits per heavy atom. The van der Waals surface area contributed by atoms with E-state index in [1.807, 2.05) is 10.6 Å². The van der Waals surface area contributed by atoms with E-state index in [1.165, 1.54) is 11.3 Å². The Balaban J connectivity index is 1.31. The van der Waals surface area contributed by atoms with Crippen molar-refractivity contribution in [3.05, 3.63) is 29.8 Å². The van der Waals surface area contributed by atoms with E-state index in [1.54, 1.807) is 18.6 Å². The number of carbonyl (C=O) groups is 2. The first-order valence-corrected chi connectivity index (χ1v) is 10.5. The minimum absolute atomic E-state index is 0.0167. The number of aromatic nitrogens is 4. The molecule has 4 heterocycles. The largest absolute Gasteiger partial charge is 0.379 e. The van der Waals surface area contributed by atoms with Crippen LogP contribution in [-0.2, 0) is 9.53 Å². The molecule has 1 saturated heterocycles. The molecule has 0 radical (unpaired) electrons. The summed E-state index contributed by atoms with van der Waals surface area (Å²) in [4.78, 5) is 38.2. The average molecular weight is 412 g/mol. The molecule has 1 aliphatic carbocycles. The van der Waals surface area contributed by atoms with Crippen molar-refractivity contribution < 1.29 is 14.3 Å². The lowest BCUT2D eigenvalue weighted by Crippen LogP contribution is -2.40. The summed E-state index contributed by atoms with van der Waals surface area (Å²) in [6.45, 7) is 1.30. The third kappa shape index (κ3) is 3.99. The van der Waals surface area contributed by atoms with E-state index >= 15 is 0 Å². The molecule has 5 rings (SSSR count). The maximum Gasteiger partial charge on any atom is 0.280 e. The molecule has 10 heteroatoms. The molecule has 2 N–H and O–H groups in total. The van der Waals surface area contributed by atoms with Gasteiger partial charge in [-0.1, -0.05) is 0 Å². The molecular formula is C19H20N6O3S. The van der Waals surface area contributed by atoms with Gasteiger partial charge in [-0.3, -0.25) is 9.59 Å². The maximum atomic E-state index is 12.4. The monoisotopic (exact) mass is 412 g/mol. The molecule has 150 valence electrons. The van der Waals surface area contributed by atoms with Crippen LogP contribution in [0, 0.1) is 5.92 Å². The van der Waals surface area contributed by atoms with Gasteiger partial charge in [-0.2, -0.15) is 0 Å². The van der Waals surface area contributed by atoms with Crippen molar-refractivity contribution in [1.82, 2.24) is 24.7 Å². The van der Waals surface area contributed by atoms with Crippen molar-refractivity contribution in [2.24, 2.45) is 5.92 Å². The second-order valence-electron chi connectivity index (χ2n) is 7.34. The smallest absolute Gasteiger partial charge is 0.280 e. The first-order chi connectivity index (χ1) is 14.2. The van der Waals surface area contributed by atoms with Crippen molar-refractivity contribution in [3.8, 4) is 10.6 Å². The number of anilines is 1. The summed E-state index contributed by atoms with van der Waals surface area (Å²) in [6.07, 6.45) is 10.6. The van der Waals surface area contributed by atoms with Crippen LogP contribution in [0.3, 0.4) is 0 Å². The molecule has 2 fully saturated rings. The van der Waals surface area contributed by atoms with Crippen LogP contribution in [0.5, 0.6) is 0 Å². The number of nitrogens with zero attached hydrogens (tertiary/aromatic N) is 4. The van der Waals surface area contributed by atoms with Crippen LogP contribution in [-0.4, -0.2) is 50.4 Å². The highest BCUT2D eigenvalue weighted by atomic mass is 32.1. The average Bonchev–Trinajstić information content (AvgIpc) is 3.32. The van der Waals surface area contributed by atoms with Crippen molar-refractivity contribution in [3.63, 3.8) is 0 Å². The van der Waals surface area contributed by atoms with E-state index in [4.69, 9.17) is 4.74 Å². The zero-order chi connectivity index (χ0) is 19.8. The van der Waals surface area contributed by atoms with E-state index in [0.29, 0.717) is 28.8 Å². The summed E-state index contributed by atoms with van der Waals surface area (Å²) in [6, 6.07) is 0.0355. The third-order valence-corrected chi connectivity index (χ3v) is 6.01. The molecule has 2 amide bonds. The standard InChI is InChI=1S/C19H20N6O3S/c26-17(11-3-4-11)24-15-9-25-8-13(20-7-16(25)23-15)14-6-21-19(29-14)18(27)22-12-2-1-5-28-10-12/h6-9,11-12H,1-5,10H2,(H,22,27)(H,24,26). The Morgan fingerprint density at radius 1 is 1.17 bits per heavy atom. The van der Waals surface area contributed by atoms with Gasteiger partial charge in [0.05, 0.1) is 35.6 Å². The highest BCUT2D eigenvalue weighted by Gasteiger charge is 2.30. The Labute approximate surface area is 170 Å². The molecule has 3 aromatic heterocycles. The van der Waals surface area contributed by atoms with Crippen molar-refractivity contribution in [1.29, 1.82) is 0 Å². The first kappa shape index (κ1) is 18.2. The fraction of sp³-hybridized carbons (Fsp3) is 0.421. The lowest BCUT2D eigenvalue weighted by Gasteiger charge is -2.22. The van der Waals surface area contributed by atoms with Gasteiger partial charge in [0.25, 0.3) is 5.91 Å². The summed E-state index contributed by atoms with van der Waals surface area (Å²) < 4.78 is 7.21. The SMILES string of the molecule is O=C(NC1CCCOC1)c1ncc(-c2cn3cc(NC(=O)C4CC4)nc3cn2)s1. The Hall–Kier alpha value is -2.85. The Morgan fingerprint density at radius 3 is 2.86 bits per heavy atom. The Bertz CT molecular complexity index is 1070. The van der Waals surface area contributed by atoms with Crippen molar-refractivity contribution in [2.45, 2.75) is 31.7 Å². The fourth-order valence-electron chi connectivity index (χ4n) is 3.26. The molecule has 9 nitrogen and oxygen atoms in total. The quantitative estimate of drug-likeness (QED) is 0.664. The van der Waals surface area contributed by atoms with Gasteiger partial charge in [0.15, 0.2) is 16.5 Å². The summed E-state index contributed by atoms with van der Waals surface area (Å²) in [5, 5.41) is 6.21. The number of thiazole rings is 1. The van der Waals surface area contributed by atoms with Gasteiger partial charge < -0.3 is 19.8 Å². The van der Waals surface area contributed by atoms with Crippen LogP contribution in [0.4, 0.5) is 5.82 Å². The number of imidazole rings is 1. The minimum Gasteiger partial charge on any atom is -0.379 e. The number of ether oxygens (including phenoxy) is 1. The minimum atomic E-state index is -0.189. The predicted molar refractivity (Wildman–Crippen MR) is 107 cm³/mol. The number of fused-ring (bicyclic) bond motifs is 1. The number of nitrogens with one attached hydrogen (secondary N) is 2. The van der Waals surface area contributed by atoms with Gasteiger partial charge in [0.2, 0.25) is 5.91 Å². The van der Waals surface area contributed by atoms with Gasteiger partial charge in [-0.05, 0) is 25.7 Å². The van der Waals surface area contributed by atoms with Crippen LogP contribution in [0.25, 0.3) is 16.2 Å². The molecular weight excluding hydrogens is 392 g/mol. The van der Waals surface area contributed by atoms with Crippen LogP contribution < -0.4 is 10.6 Å². The van der Waals surface area contributed by atoms with Gasteiger partial charge in [0.1, 0.15) is 0 Å². The summed E-state index contributed by atoms with van der Waals surface area (Å²) in [7, 11) is 0. The molecule has 1 saturated carbocycles. The molecule has 0 aromatic carbocycles. The van der Waals surface area contributed by atoms with E-state index < -0.39 is 0 Å². The highest BCUT2D eigenvalue weighted by molar-refractivity contribution is 7.16. The molecule has 29 heavy (non-hydrogen) atoms. The topological polar surface area (TPSA) is 111 Å². The predicted octanol–water partition coefficient (Wildman–Crippen LogP) is 2.11. The molecule has 1 aliphatic heterocycles. The lowest BCUT2D eigenvalue weighted by atomic mass is 10.1. The molecule has 1 unspecified atom stereocenters. The number of hydrogen-bond donors (Lipinski definition) is 2. The van der Waals surface area contributed by atoms with Crippen molar-refractivity contribution >= 4 is 34.6 Å². The fourth-order valence-corrected chi connectivity index (χ4v) is 4.04. The zero-order valence-corrected chi connectivity index (χ0v) is 16.4. The normalized spacial score (nSPS) is 19.2. The van der Waals surface area contributed by atoms with E-state index in [2.05, 4.69) is 25.6 Å². The highest BCUT2D eigenvalue weighted by Crippen LogP contribution is 2.30. The molecule has 1 atom stereocenters. The van der Waals surface area contributed by atoms with E-state index in [0.717, 1.165) is 37.2 Å². The van der Waals surface area contributed by atoms with Gasteiger partial charge in [-0.25, -0.2) is 15.0 Å². The van der Waals surface area contributed by atoms with Crippen LogP contribution in [0.1, 0.15) is 35.5 Å². The molecule has 0 spiro atoms. The number of amides is 2. The van der Waals surface area contributed by atoms with Gasteiger partial charge >= 0.3 is 0 Å². The van der Waals surface area contributed by atoms with E-state index in [9.17, 15) is 9.59 Å². The summed E-state index contributed by atoms with van der Waals surface area (Å²) in [5.41, 5.74) is 1.33. The Kier molecular flexibility index (Phi) is 4.72. The number of carbonyl (C=O) groups excluding carboxylic acids is 2. The van der Waals surface area contributed by atoms with Crippen LogP contribution >= 0.6 is 11.3 Å². The lowest BCUT2D eigenvalue weighted by molar-refractivity contribution is -0.117. The second-order valence-corrected chi connectivity index (χ2v) is 8.38. The summed E-state index contributed by atoms with van der Waals surface area (Å²) >= 11 is 1.29. The number of hydrogen-bond acceptors (Lipinski definition) is 7.